The Labute approximate surface area is 152 Å². The molecule has 146 valence electrons. The van der Waals surface area contributed by atoms with Gasteiger partial charge in [0.1, 0.15) is 0 Å². The zero-order valence-electron chi connectivity index (χ0n) is 15.6. The van der Waals surface area contributed by atoms with Crippen LogP contribution < -0.4 is 4.90 Å². The predicted octanol–water partition coefficient (Wildman–Crippen LogP) is 2.69. The Balaban J connectivity index is 3.99. The van der Waals surface area contributed by atoms with Crippen LogP contribution in [0.5, 0.6) is 0 Å². The molecule has 0 N–H and O–H groups in total. The van der Waals surface area contributed by atoms with E-state index in [9.17, 15) is 28.6 Å². The molecular formula is C15H24N4O6S. The second-order valence-corrected chi connectivity index (χ2v) is 8.12. The second kappa shape index (κ2) is 8.41. The number of hydrogen-bond donors (Lipinski definition) is 0. The van der Waals surface area contributed by atoms with E-state index >= 15 is 0 Å². The molecule has 10 nitrogen and oxygen atoms in total. The first-order valence-corrected chi connectivity index (χ1v) is 9.58. The summed E-state index contributed by atoms with van der Waals surface area (Å²) in [6.07, 6.45) is 1.26. The Morgan fingerprint density at radius 3 is 1.88 bits per heavy atom. The van der Waals surface area contributed by atoms with E-state index in [1.165, 1.54) is 21.0 Å². The topological polar surface area (TPSA) is 127 Å². The molecule has 0 aliphatic carbocycles. The number of benzene rings is 1. The standard InChI is InChI=1S/C15H24N4O6S/c1-6-8-17(9-7-2)15-12(18(20)21)10-13(26(24,25)16(4)5)11(3)14(15)19(22)23/h10H,6-9H2,1-5H3. The monoisotopic (exact) mass is 388 g/mol. The van der Waals surface area contributed by atoms with Crippen LogP contribution in [0.1, 0.15) is 32.3 Å². The summed E-state index contributed by atoms with van der Waals surface area (Å²) in [4.78, 5) is 23.0. The van der Waals surface area contributed by atoms with Crippen molar-refractivity contribution < 1.29 is 18.3 Å². The van der Waals surface area contributed by atoms with E-state index in [2.05, 4.69) is 0 Å². The normalized spacial score (nSPS) is 11.6. The molecule has 1 rings (SSSR count). The van der Waals surface area contributed by atoms with E-state index in [1.54, 1.807) is 4.90 Å². The molecule has 0 atom stereocenters. The Hall–Kier alpha value is -2.27. The van der Waals surface area contributed by atoms with Crippen LogP contribution >= 0.6 is 0 Å². The van der Waals surface area contributed by atoms with E-state index in [1.807, 2.05) is 13.8 Å². The smallest absolute Gasteiger partial charge is 0.303 e. The van der Waals surface area contributed by atoms with E-state index in [0.29, 0.717) is 25.9 Å². The van der Waals surface area contributed by atoms with Crippen LogP contribution in [0.3, 0.4) is 0 Å². The molecule has 0 aromatic heterocycles. The number of sulfonamides is 1. The van der Waals surface area contributed by atoms with Gasteiger partial charge in [-0.2, -0.15) is 0 Å². The van der Waals surface area contributed by atoms with Crippen molar-refractivity contribution in [1.82, 2.24) is 4.31 Å². The highest BCUT2D eigenvalue weighted by Crippen LogP contribution is 2.43. The molecule has 0 heterocycles. The highest BCUT2D eigenvalue weighted by atomic mass is 32.2. The molecule has 0 radical (unpaired) electrons. The highest BCUT2D eigenvalue weighted by Gasteiger charge is 2.37. The molecule has 0 bridgehead atoms. The Bertz CT molecular complexity index is 801. The van der Waals surface area contributed by atoms with Crippen LogP contribution in [0.4, 0.5) is 17.1 Å². The van der Waals surface area contributed by atoms with Crippen molar-refractivity contribution >= 4 is 27.1 Å². The summed E-state index contributed by atoms with van der Waals surface area (Å²) in [5, 5.41) is 23.3. The number of anilines is 1. The number of nitrogens with zero attached hydrogens (tertiary/aromatic N) is 4. The van der Waals surface area contributed by atoms with Crippen LogP contribution in [-0.4, -0.2) is 49.8 Å². The van der Waals surface area contributed by atoms with Gasteiger partial charge < -0.3 is 4.90 Å². The molecule has 26 heavy (non-hydrogen) atoms. The Morgan fingerprint density at radius 2 is 1.54 bits per heavy atom. The summed E-state index contributed by atoms with van der Waals surface area (Å²) in [6, 6.07) is 0.922. The molecule has 0 aliphatic rings. The largest absolute Gasteiger partial charge is 0.360 e. The van der Waals surface area contributed by atoms with Crippen LogP contribution in [0, 0.1) is 27.2 Å². The van der Waals surface area contributed by atoms with Crippen molar-refractivity contribution in [3.8, 4) is 0 Å². The summed E-state index contributed by atoms with van der Waals surface area (Å²) < 4.78 is 25.9. The van der Waals surface area contributed by atoms with Crippen LogP contribution in [0.2, 0.25) is 0 Å². The van der Waals surface area contributed by atoms with Crippen molar-refractivity contribution in [2.45, 2.75) is 38.5 Å². The van der Waals surface area contributed by atoms with Crippen molar-refractivity contribution in [3.05, 3.63) is 31.9 Å². The Kier molecular flexibility index (Phi) is 7.04. The van der Waals surface area contributed by atoms with Gasteiger partial charge in [-0.1, -0.05) is 13.8 Å². The van der Waals surface area contributed by atoms with Crippen molar-refractivity contribution in [3.63, 3.8) is 0 Å². The van der Waals surface area contributed by atoms with Crippen LogP contribution in [0.15, 0.2) is 11.0 Å². The third kappa shape index (κ3) is 4.10. The molecular weight excluding hydrogens is 364 g/mol. The summed E-state index contributed by atoms with van der Waals surface area (Å²) in [6.45, 7) is 5.79. The number of nitro benzene ring substituents is 2. The second-order valence-electron chi connectivity index (χ2n) is 6.00. The Morgan fingerprint density at radius 1 is 1.04 bits per heavy atom. The summed E-state index contributed by atoms with van der Waals surface area (Å²) in [7, 11) is -1.55. The van der Waals surface area contributed by atoms with E-state index in [0.717, 1.165) is 10.4 Å². The fourth-order valence-corrected chi connectivity index (χ4v) is 3.87. The van der Waals surface area contributed by atoms with Gasteiger partial charge in [0.05, 0.1) is 14.7 Å². The molecule has 11 heteroatoms. The van der Waals surface area contributed by atoms with Gasteiger partial charge in [0, 0.05) is 38.8 Å². The lowest BCUT2D eigenvalue weighted by Crippen LogP contribution is -2.28. The maximum absolute atomic E-state index is 12.5. The molecule has 0 saturated heterocycles. The molecule has 0 unspecified atom stereocenters. The first-order valence-electron chi connectivity index (χ1n) is 8.14. The number of hydrogen-bond acceptors (Lipinski definition) is 7. The summed E-state index contributed by atoms with van der Waals surface area (Å²) in [5.74, 6) is 0. The highest BCUT2D eigenvalue weighted by molar-refractivity contribution is 7.89. The minimum Gasteiger partial charge on any atom is -0.360 e. The molecule has 0 spiro atoms. The van der Waals surface area contributed by atoms with E-state index < -0.39 is 36.1 Å². The third-order valence-electron chi connectivity index (χ3n) is 3.90. The third-order valence-corrected chi connectivity index (χ3v) is 5.84. The molecule has 1 aromatic carbocycles. The zero-order chi connectivity index (χ0) is 20.2. The minimum atomic E-state index is -4.08. The van der Waals surface area contributed by atoms with Gasteiger partial charge in [-0.3, -0.25) is 20.2 Å². The fourth-order valence-electron chi connectivity index (χ4n) is 2.73. The lowest BCUT2D eigenvalue weighted by atomic mass is 10.1. The van der Waals surface area contributed by atoms with Gasteiger partial charge in [0.25, 0.3) is 0 Å². The van der Waals surface area contributed by atoms with Crippen LogP contribution in [0.25, 0.3) is 0 Å². The average molecular weight is 388 g/mol. The molecule has 0 saturated carbocycles. The molecule has 0 aliphatic heterocycles. The molecule has 0 fully saturated rings. The first kappa shape index (κ1) is 21.8. The number of nitro groups is 2. The van der Waals surface area contributed by atoms with Gasteiger partial charge in [0.15, 0.2) is 5.69 Å². The predicted molar refractivity (Wildman–Crippen MR) is 98.2 cm³/mol. The van der Waals surface area contributed by atoms with Gasteiger partial charge >= 0.3 is 11.4 Å². The quantitative estimate of drug-likeness (QED) is 0.470. The molecule has 1 aromatic rings. The van der Waals surface area contributed by atoms with E-state index in [-0.39, 0.29) is 11.3 Å². The van der Waals surface area contributed by atoms with Crippen molar-refractivity contribution in [1.29, 1.82) is 0 Å². The van der Waals surface area contributed by atoms with Gasteiger partial charge in [-0.05, 0) is 19.8 Å². The maximum Gasteiger partial charge on any atom is 0.303 e. The van der Waals surface area contributed by atoms with Gasteiger partial charge in [0.2, 0.25) is 10.0 Å². The van der Waals surface area contributed by atoms with Crippen molar-refractivity contribution in [2.24, 2.45) is 0 Å². The summed E-state index contributed by atoms with van der Waals surface area (Å²) in [5.41, 5.74) is -1.37. The average Bonchev–Trinajstić information content (AvgIpc) is 2.52. The zero-order valence-corrected chi connectivity index (χ0v) is 16.4. The summed E-state index contributed by atoms with van der Waals surface area (Å²) >= 11 is 0. The first-order chi connectivity index (χ1) is 12.0. The SMILES string of the molecule is CCCN(CCC)c1c([N+](=O)[O-])cc(S(=O)(=O)N(C)C)c(C)c1[N+](=O)[O-]. The lowest BCUT2D eigenvalue weighted by molar-refractivity contribution is -0.393. The van der Waals surface area contributed by atoms with Crippen LogP contribution in [-0.2, 0) is 10.0 Å². The number of rotatable bonds is 9. The molecule has 0 amide bonds. The van der Waals surface area contributed by atoms with E-state index in [4.69, 9.17) is 0 Å². The van der Waals surface area contributed by atoms with Gasteiger partial charge in [-0.25, -0.2) is 12.7 Å². The van der Waals surface area contributed by atoms with Crippen molar-refractivity contribution in [2.75, 3.05) is 32.1 Å². The lowest BCUT2D eigenvalue weighted by Gasteiger charge is -2.24. The maximum atomic E-state index is 12.5. The fraction of sp³-hybridized carbons (Fsp3) is 0.600. The van der Waals surface area contributed by atoms with Gasteiger partial charge in [-0.15, -0.1) is 0 Å². The minimum absolute atomic E-state index is 0.110.